The third-order valence-corrected chi connectivity index (χ3v) is 11.6. The van der Waals surface area contributed by atoms with Crippen LogP contribution >= 0.6 is 0 Å². The summed E-state index contributed by atoms with van der Waals surface area (Å²) >= 11 is 0. The van der Waals surface area contributed by atoms with Crippen molar-refractivity contribution >= 4 is 31.2 Å². The fourth-order valence-corrected chi connectivity index (χ4v) is 5.07. The molecule has 0 unspecified atom stereocenters. The molecule has 3 rings (SSSR count). The van der Waals surface area contributed by atoms with Crippen LogP contribution in [-0.4, -0.2) is 79.6 Å². The van der Waals surface area contributed by atoms with Crippen LogP contribution in [0.25, 0.3) is 10.9 Å². The highest BCUT2D eigenvalue weighted by molar-refractivity contribution is 6.74. The summed E-state index contributed by atoms with van der Waals surface area (Å²) in [4.78, 5) is 30.8. The number of carbonyl (C=O) groups is 2. The van der Waals surface area contributed by atoms with E-state index < -0.39 is 20.0 Å². The van der Waals surface area contributed by atoms with Gasteiger partial charge in [0.1, 0.15) is 11.3 Å². The molecule has 0 saturated carbocycles. The van der Waals surface area contributed by atoms with Crippen LogP contribution in [0.3, 0.4) is 0 Å². The second kappa shape index (κ2) is 10.4. The summed E-state index contributed by atoms with van der Waals surface area (Å²) in [7, 11) is -1.71. The zero-order valence-corrected chi connectivity index (χ0v) is 23.8. The van der Waals surface area contributed by atoms with Crippen molar-refractivity contribution in [2.24, 2.45) is 0 Å². The average Bonchev–Trinajstić information content (AvgIpc) is 3.14. The Morgan fingerprint density at radius 3 is 2.20 bits per heavy atom. The van der Waals surface area contributed by atoms with Crippen LogP contribution in [0, 0.1) is 0 Å². The van der Waals surface area contributed by atoms with Gasteiger partial charge in [0, 0.05) is 44.7 Å². The standard InChI is InChI=1S/C27H43N3O4Si/c1-26(2,3)34-25(32)30-22-13-10-9-12-21(22)20-23(30)24(31)29-17-15-28(16-18-29)14-11-19-33-35(7,8)27(4,5)6/h9-10,12-13,20H,11,14-19H2,1-8H3. The summed E-state index contributed by atoms with van der Waals surface area (Å²) < 4.78 is 13.3. The van der Waals surface area contributed by atoms with Gasteiger partial charge in [-0.05, 0) is 57.5 Å². The molecule has 2 aromatic rings. The maximum atomic E-state index is 13.5. The normalized spacial score (nSPS) is 16.1. The van der Waals surface area contributed by atoms with E-state index in [4.69, 9.17) is 9.16 Å². The minimum atomic E-state index is -1.71. The van der Waals surface area contributed by atoms with Crippen LogP contribution in [0.1, 0.15) is 58.5 Å². The number of hydrogen-bond acceptors (Lipinski definition) is 5. The van der Waals surface area contributed by atoms with Gasteiger partial charge < -0.3 is 14.1 Å². The molecule has 35 heavy (non-hydrogen) atoms. The van der Waals surface area contributed by atoms with E-state index in [0.717, 1.165) is 38.0 Å². The summed E-state index contributed by atoms with van der Waals surface area (Å²) in [5.41, 5.74) is 0.394. The van der Waals surface area contributed by atoms with E-state index in [2.05, 4.69) is 38.8 Å². The van der Waals surface area contributed by atoms with E-state index in [1.807, 2.05) is 49.9 Å². The van der Waals surface area contributed by atoms with Gasteiger partial charge >= 0.3 is 6.09 Å². The Morgan fingerprint density at radius 2 is 1.60 bits per heavy atom. The highest BCUT2D eigenvalue weighted by atomic mass is 28.4. The van der Waals surface area contributed by atoms with Crippen molar-refractivity contribution in [3.05, 3.63) is 36.0 Å². The predicted molar refractivity (Wildman–Crippen MR) is 144 cm³/mol. The lowest BCUT2D eigenvalue weighted by atomic mass is 10.2. The van der Waals surface area contributed by atoms with Crippen molar-refractivity contribution in [2.75, 3.05) is 39.3 Å². The summed E-state index contributed by atoms with van der Waals surface area (Å²) in [6, 6.07) is 9.33. The molecule has 1 fully saturated rings. The molecule has 1 amide bonds. The van der Waals surface area contributed by atoms with Crippen molar-refractivity contribution in [1.29, 1.82) is 0 Å². The van der Waals surface area contributed by atoms with E-state index >= 15 is 0 Å². The van der Waals surface area contributed by atoms with E-state index in [0.29, 0.717) is 24.3 Å². The largest absolute Gasteiger partial charge is 0.443 e. The summed E-state index contributed by atoms with van der Waals surface area (Å²) in [5.74, 6) is -0.132. The van der Waals surface area contributed by atoms with E-state index in [1.165, 1.54) is 4.57 Å². The summed E-state index contributed by atoms with van der Waals surface area (Å²) in [5, 5.41) is 1.07. The van der Waals surface area contributed by atoms with E-state index in [9.17, 15) is 9.59 Å². The molecule has 0 aliphatic carbocycles. The number of rotatable bonds is 6. The van der Waals surface area contributed by atoms with Crippen LogP contribution < -0.4 is 0 Å². The molecule has 1 aromatic heterocycles. The number of carbonyl (C=O) groups excluding carboxylic acids is 2. The molecule has 1 saturated heterocycles. The fraction of sp³-hybridized carbons (Fsp3) is 0.630. The highest BCUT2D eigenvalue weighted by Gasteiger charge is 2.37. The molecule has 7 nitrogen and oxygen atoms in total. The molecule has 0 N–H and O–H groups in total. The van der Waals surface area contributed by atoms with Gasteiger partial charge in [-0.2, -0.15) is 0 Å². The molecule has 0 atom stereocenters. The van der Waals surface area contributed by atoms with Gasteiger partial charge in [-0.3, -0.25) is 9.69 Å². The molecular formula is C27H43N3O4Si. The fourth-order valence-electron chi connectivity index (χ4n) is 3.99. The zero-order valence-electron chi connectivity index (χ0n) is 22.8. The Bertz CT molecular complexity index is 1040. The minimum Gasteiger partial charge on any atom is -0.443 e. The molecule has 0 bridgehead atoms. The third kappa shape index (κ3) is 6.74. The molecular weight excluding hydrogens is 458 g/mol. The maximum Gasteiger partial charge on any atom is 0.419 e. The number of para-hydroxylation sites is 1. The number of hydrogen-bond donors (Lipinski definition) is 0. The number of aromatic nitrogens is 1. The molecule has 0 radical (unpaired) electrons. The Balaban J connectivity index is 1.61. The Kier molecular flexibility index (Phi) is 8.18. The first-order valence-corrected chi connectivity index (χ1v) is 15.6. The van der Waals surface area contributed by atoms with Gasteiger partial charge in [0.05, 0.1) is 5.52 Å². The zero-order chi connectivity index (χ0) is 26.0. The van der Waals surface area contributed by atoms with Crippen molar-refractivity contribution in [3.8, 4) is 0 Å². The van der Waals surface area contributed by atoms with E-state index in [-0.39, 0.29) is 10.9 Å². The number of ether oxygens (including phenoxy) is 1. The van der Waals surface area contributed by atoms with Gasteiger partial charge in [-0.15, -0.1) is 0 Å². The lowest BCUT2D eigenvalue weighted by molar-refractivity contribution is 0.0505. The van der Waals surface area contributed by atoms with Crippen molar-refractivity contribution in [3.63, 3.8) is 0 Å². The van der Waals surface area contributed by atoms with Crippen LogP contribution in [0.4, 0.5) is 4.79 Å². The molecule has 1 aliphatic heterocycles. The third-order valence-electron chi connectivity index (χ3n) is 7.05. The van der Waals surface area contributed by atoms with Crippen molar-refractivity contribution < 1.29 is 18.8 Å². The summed E-state index contributed by atoms with van der Waals surface area (Å²) in [6.07, 6.45) is 0.468. The van der Waals surface area contributed by atoms with Crippen LogP contribution in [0.15, 0.2) is 30.3 Å². The Labute approximate surface area is 211 Å². The number of piperazine rings is 1. The SMILES string of the molecule is CC(C)(C)OC(=O)n1c(C(=O)N2CCN(CCCO[Si](C)(C)C(C)(C)C)CC2)cc2ccccc21. The predicted octanol–water partition coefficient (Wildman–Crippen LogP) is 5.59. The second-order valence-electron chi connectivity index (χ2n) is 12.0. The van der Waals surface area contributed by atoms with Gasteiger partial charge in [0.2, 0.25) is 0 Å². The highest BCUT2D eigenvalue weighted by Crippen LogP contribution is 2.36. The molecule has 194 valence electrons. The second-order valence-corrected chi connectivity index (χ2v) is 16.8. The molecule has 2 heterocycles. The van der Waals surface area contributed by atoms with Gasteiger partial charge in [-0.1, -0.05) is 39.0 Å². The first kappa shape index (κ1) is 27.4. The van der Waals surface area contributed by atoms with Crippen LogP contribution in [0.5, 0.6) is 0 Å². The monoisotopic (exact) mass is 501 g/mol. The molecule has 1 aromatic carbocycles. The lowest BCUT2D eigenvalue weighted by Gasteiger charge is -2.37. The topological polar surface area (TPSA) is 64.0 Å². The van der Waals surface area contributed by atoms with E-state index in [1.54, 1.807) is 6.07 Å². The summed E-state index contributed by atoms with van der Waals surface area (Å²) in [6.45, 7) is 21.5. The molecule has 8 heteroatoms. The lowest BCUT2D eigenvalue weighted by Crippen LogP contribution is -2.49. The number of amides is 1. The van der Waals surface area contributed by atoms with Crippen LogP contribution in [-0.2, 0) is 9.16 Å². The van der Waals surface area contributed by atoms with Gasteiger partial charge in [-0.25, -0.2) is 9.36 Å². The number of benzene rings is 1. The van der Waals surface area contributed by atoms with Crippen molar-refractivity contribution in [1.82, 2.24) is 14.4 Å². The maximum absolute atomic E-state index is 13.5. The smallest absolute Gasteiger partial charge is 0.419 e. The quantitative estimate of drug-likeness (QED) is 0.381. The number of fused-ring (bicyclic) bond motifs is 1. The number of nitrogens with zero attached hydrogens (tertiary/aromatic N) is 3. The van der Waals surface area contributed by atoms with Gasteiger partial charge in [0.25, 0.3) is 5.91 Å². The Morgan fingerprint density at radius 1 is 0.971 bits per heavy atom. The molecule has 1 aliphatic rings. The van der Waals surface area contributed by atoms with Gasteiger partial charge in [0.15, 0.2) is 8.32 Å². The van der Waals surface area contributed by atoms with Crippen LogP contribution in [0.2, 0.25) is 18.1 Å². The van der Waals surface area contributed by atoms with Crippen molar-refractivity contribution in [2.45, 2.75) is 71.7 Å². The Hall–Kier alpha value is -2.16. The minimum absolute atomic E-state index is 0.132. The first-order chi connectivity index (χ1) is 16.2. The first-order valence-electron chi connectivity index (χ1n) is 12.7. The average molecular weight is 502 g/mol. The molecule has 0 spiro atoms.